The van der Waals surface area contributed by atoms with E-state index in [9.17, 15) is 9.59 Å². The van der Waals surface area contributed by atoms with E-state index in [0.29, 0.717) is 42.7 Å². The lowest BCUT2D eigenvalue weighted by Gasteiger charge is -2.11. The fourth-order valence-electron chi connectivity index (χ4n) is 2.54. The molecule has 0 spiro atoms. The van der Waals surface area contributed by atoms with Gasteiger partial charge in [0, 0.05) is 13.0 Å². The number of rotatable bonds is 8. The van der Waals surface area contributed by atoms with Gasteiger partial charge < -0.3 is 4.74 Å². The predicted molar refractivity (Wildman–Crippen MR) is 90.5 cm³/mol. The molecular weight excluding hydrogens is 292 g/mol. The van der Waals surface area contributed by atoms with Gasteiger partial charge in [-0.3, -0.25) is 14.2 Å². The molecule has 0 saturated heterocycles. The number of esters is 1. The van der Waals surface area contributed by atoms with E-state index < -0.39 is 0 Å². The molecule has 1 aromatic heterocycles. The Hall–Kier alpha value is -2.17. The largest absolute Gasteiger partial charge is 0.466 e. The average Bonchev–Trinajstić information content (AvgIpc) is 2.54. The van der Waals surface area contributed by atoms with Crippen molar-refractivity contribution in [3.8, 4) is 0 Å². The summed E-state index contributed by atoms with van der Waals surface area (Å²) in [7, 11) is 0. The third-order valence-electron chi connectivity index (χ3n) is 3.83. The van der Waals surface area contributed by atoms with Crippen LogP contribution < -0.4 is 5.56 Å². The maximum atomic E-state index is 12.5. The highest BCUT2D eigenvalue weighted by Gasteiger charge is 2.08. The van der Waals surface area contributed by atoms with E-state index in [1.54, 1.807) is 10.6 Å². The minimum Gasteiger partial charge on any atom is -0.466 e. The summed E-state index contributed by atoms with van der Waals surface area (Å²) in [6, 6.07) is 7.33. The lowest BCUT2D eigenvalue weighted by atomic mass is 10.2. The van der Waals surface area contributed by atoms with Crippen molar-refractivity contribution in [2.45, 2.75) is 52.5 Å². The zero-order valence-electron chi connectivity index (χ0n) is 13.9. The molecule has 124 valence electrons. The van der Waals surface area contributed by atoms with Crippen LogP contribution in [0.2, 0.25) is 0 Å². The smallest absolute Gasteiger partial charge is 0.305 e. The maximum Gasteiger partial charge on any atom is 0.305 e. The van der Waals surface area contributed by atoms with E-state index in [1.165, 1.54) is 0 Å². The summed E-state index contributed by atoms with van der Waals surface area (Å²) in [5.74, 6) is 0.530. The second-order valence-electron chi connectivity index (χ2n) is 5.66. The van der Waals surface area contributed by atoms with Crippen LogP contribution in [0.4, 0.5) is 0 Å². The van der Waals surface area contributed by atoms with E-state index in [1.807, 2.05) is 25.1 Å². The average molecular weight is 316 g/mol. The molecule has 2 rings (SSSR count). The Balaban J connectivity index is 1.90. The lowest BCUT2D eigenvalue weighted by Crippen LogP contribution is -2.24. The van der Waals surface area contributed by atoms with Gasteiger partial charge in [-0.05, 0) is 31.9 Å². The minimum absolute atomic E-state index is 0.0395. The number of hydrogen-bond acceptors (Lipinski definition) is 4. The molecule has 1 heterocycles. The standard InChI is InChI=1S/C18H24N2O3/c1-3-4-5-11-17(21)23-13-8-12-20-14(2)19-16-10-7-6-9-15(16)18(20)22/h6-7,9-10H,3-5,8,11-13H2,1-2H3. The number of hydrogen-bond donors (Lipinski definition) is 0. The van der Waals surface area contributed by atoms with Gasteiger partial charge in [-0.25, -0.2) is 4.98 Å². The van der Waals surface area contributed by atoms with Crippen LogP contribution in [0, 0.1) is 6.92 Å². The van der Waals surface area contributed by atoms with Crippen molar-refractivity contribution in [2.24, 2.45) is 0 Å². The number of benzene rings is 1. The molecule has 0 aliphatic heterocycles. The predicted octanol–water partition coefficient (Wildman–Crippen LogP) is 3.22. The first-order valence-electron chi connectivity index (χ1n) is 8.25. The summed E-state index contributed by atoms with van der Waals surface area (Å²) in [4.78, 5) is 28.5. The molecule has 5 nitrogen and oxygen atoms in total. The Bertz CT molecular complexity index is 722. The number of carbonyl (C=O) groups is 1. The van der Waals surface area contributed by atoms with Gasteiger partial charge in [0.1, 0.15) is 5.82 Å². The number of nitrogens with zero attached hydrogens (tertiary/aromatic N) is 2. The first kappa shape index (κ1) is 17.2. The zero-order chi connectivity index (χ0) is 16.7. The van der Waals surface area contributed by atoms with Crippen LogP contribution in [-0.2, 0) is 16.1 Å². The highest BCUT2D eigenvalue weighted by molar-refractivity contribution is 5.77. The third-order valence-corrected chi connectivity index (χ3v) is 3.83. The second-order valence-corrected chi connectivity index (χ2v) is 5.66. The molecule has 0 aliphatic carbocycles. The van der Waals surface area contributed by atoms with Crippen LogP contribution in [0.25, 0.3) is 10.9 Å². The van der Waals surface area contributed by atoms with E-state index >= 15 is 0 Å². The van der Waals surface area contributed by atoms with E-state index in [4.69, 9.17) is 4.74 Å². The van der Waals surface area contributed by atoms with E-state index in [2.05, 4.69) is 11.9 Å². The number of para-hydroxylation sites is 1. The van der Waals surface area contributed by atoms with Crippen LogP contribution >= 0.6 is 0 Å². The van der Waals surface area contributed by atoms with Gasteiger partial charge in [0.05, 0.1) is 17.5 Å². The summed E-state index contributed by atoms with van der Waals surface area (Å²) in [5, 5.41) is 0.620. The number of aromatic nitrogens is 2. The third kappa shape index (κ3) is 4.65. The number of carbonyl (C=O) groups excluding carboxylic acids is 1. The van der Waals surface area contributed by atoms with Crippen LogP contribution in [0.1, 0.15) is 44.9 Å². The quantitative estimate of drug-likeness (QED) is 0.554. The van der Waals surface area contributed by atoms with Crippen molar-refractivity contribution in [1.29, 1.82) is 0 Å². The monoisotopic (exact) mass is 316 g/mol. The normalized spacial score (nSPS) is 10.9. The minimum atomic E-state index is -0.154. The van der Waals surface area contributed by atoms with Crippen LogP contribution in [0.15, 0.2) is 29.1 Å². The lowest BCUT2D eigenvalue weighted by molar-refractivity contribution is -0.143. The van der Waals surface area contributed by atoms with Crippen molar-refractivity contribution in [2.75, 3.05) is 6.61 Å². The summed E-state index contributed by atoms with van der Waals surface area (Å²) < 4.78 is 6.85. The first-order chi connectivity index (χ1) is 11.1. The maximum absolute atomic E-state index is 12.5. The molecule has 23 heavy (non-hydrogen) atoms. The molecule has 1 aromatic carbocycles. The molecule has 0 unspecified atom stereocenters. The van der Waals surface area contributed by atoms with E-state index in [0.717, 1.165) is 19.3 Å². The van der Waals surface area contributed by atoms with Crippen molar-refractivity contribution in [3.63, 3.8) is 0 Å². The fraction of sp³-hybridized carbons (Fsp3) is 0.500. The number of unbranched alkanes of at least 4 members (excludes halogenated alkanes) is 2. The molecule has 0 atom stereocenters. The van der Waals surface area contributed by atoms with Gasteiger partial charge in [-0.1, -0.05) is 31.9 Å². The fourth-order valence-corrected chi connectivity index (χ4v) is 2.54. The van der Waals surface area contributed by atoms with Crippen LogP contribution in [0.5, 0.6) is 0 Å². The van der Waals surface area contributed by atoms with Crippen molar-refractivity contribution in [1.82, 2.24) is 9.55 Å². The Morgan fingerprint density at radius 1 is 1.22 bits per heavy atom. The highest BCUT2D eigenvalue weighted by atomic mass is 16.5. The van der Waals surface area contributed by atoms with Gasteiger partial charge in [0.2, 0.25) is 0 Å². The Kier molecular flexibility index (Phi) is 6.32. The van der Waals surface area contributed by atoms with Gasteiger partial charge in [-0.2, -0.15) is 0 Å². The molecular formula is C18H24N2O3. The number of ether oxygens (including phenoxy) is 1. The Labute approximate surface area is 136 Å². The van der Waals surface area contributed by atoms with Gasteiger partial charge in [0.25, 0.3) is 5.56 Å². The zero-order valence-corrected chi connectivity index (χ0v) is 13.9. The van der Waals surface area contributed by atoms with E-state index in [-0.39, 0.29) is 11.5 Å². The van der Waals surface area contributed by atoms with Gasteiger partial charge >= 0.3 is 5.97 Å². The van der Waals surface area contributed by atoms with Crippen LogP contribution in [0.3, 0.4) is 0 Å². The van der Waals surface area contributed by atoms with Crippen LogP contribution in [-0.4, -0.2) is 22.1 Å². The highest BCUT2D eigenvalue weighted by Crippen LogP contribution is 2.08. The van der Waals surface area contributed by atoms with Crippen molar-refractivity contribution < 1.29 is 9.53 Å². The molecule has 0 fully saturated rings. The van der Waals surface area contributed by atoms with Crippen molar-refractivity contribution in [3.05, 3.63) is 40.4 Å². The Morgan fingerprint density at radius 3 is 2.78 bits per heavy atom. The van der Waals surface area contributed by atoms with Gasteiger partial charge in [0.15, 0.2) is 0 Å². The molecule has 0 radical (unpaired) electrons. The molecule has 2 aromatic rings. The van der Waals surface area contributed by atoms with Crippen molar-refractivity contribution >= 4 is 16.9 Å². The SMILES string of the molecule is CCCCCC(=O)OCCCn1c(C)nc2ccccc2c1=O. The summed E-state index contributed by atoms with van der Waals surface area (Å²) >= 11 is 0. The Morgan fingerprint density at radius 2 is 2.00 bits per heavy atom. The molecule has 5 heteroatoms. The number of fused-ring (bicyclic) bond motifs is 1. The summed E-state index contributed by atoms with van der Waals surface area (Å²) in [6.07, 6.45) is 4.10. The topological polar surface area (TPSA) is 61.2 Å². The molecule has 0 bridgehead atoms. The molecule has 0 amide bonds. The second kappa shape index (κ2) is 8.46. The van der Waals surface area contributed by atoms with Gasteiger partial charge in [-0.15, -0.1) is 0 Å². The first-order valence-corrected chi connectivity index (χ1v) is 8.25. The number of aryl methyl sites for hydroxylation is 1. The summed E-state index contributed by atoms with van der Waals surface area (Å²) in [6.45, 7) is 4.77. The molecule has 0 saturated carbocycles. The molecule has 0 aliphatic rings. The summed E-state index contributed by atoms with van der Waals surface area (Å²) in [5.41, 5.74) is 0.677. The molecule has 0 N–H and O–H groups in total.